The first kappa shape index (κ1) is 24.8. The first-order chi connectivity index (χ1) is 12.4. The summed E-state index contributed by atoms with van der Waals surface area (Å²) in [6.07, 6.45) is 0.584. The Hall–Kier alpha value is -2.16. The topological polar surface area (TPSA) is 151 Å². The quantitative estimate of drug-likeness (QED) is 0.333. The lowest BCUT2D eigenvalue weighted by Gasteiger charge is -2.25. The van der Waals surface area contributed by atoms with E-state index in [-0.39, 0.29) is 24.3 Å². The van der Waals surface area contributed by atoms with Crippen molar-refractivity contribution in [3.05, 3.63) is 0 Å². The van der Waals surface area contributed by atoms with Gasteiger partial charge in [0.2, 0.25) is 17.7 Å². The summed E-state index contributed by atoms with van der Waals surface area (Å²) in [5, 5.41) is 16.6. The molecular formula is C18H34N4O5. The molecule has 6 N–H and O–H groups in total. The molecule has 9 heteroatoms. The monoisotopic (exact) mass is 386 g/mol. The van der Waals surface area contributed by atoms with Gasteiger partial charge >= 0.3 is 5.97 Å². The second kappa shape index (κ2) is 11.5. The number of carboxylic acids is 1. The maximum absolute atomic E-state index is 12.4. The van der Waals surface area contributed by atoms with Gasteiger partial charge in [-0.15, -0.1) is 0 Å². The smallest absolute Gasteiger partial charge is 0.326 e. The highest BCUT2D eigenvalue weighted by atomic mass is 16.4. The van der Waals surface area contributed by atoms with E-state index in [1.807, 2.05) is 6.92 Å². The molecule has 0 aromatic carbocycles. The molecule has 0 saturated heterocycles. The lowest BCUT2D eigenvalue weighted by atomic mass is 9.99. The fourth-order valence-electron chi connectivity index (χ4n) is 2.27. The molecule has 0 aliphatic carbocycles. The van der Waals surface area contributed by atoms with Gasteiger partial charge in [-0.25, -0.2) is 4.79 Å². The Kier molecular flexibility index (Phi) is 10.6. The first-order valence-corrected chi connectivity index (χ1v) is 9.28. The SMILES string of the molecule is CCC(C)C(NC(=O)CNC(=O)C(NC(=O)C(N)C(C)C)C(C)C)C(=O)O. The largest absolute Gasteiger partial charge is 0.480 e. The molecule has 0 fully saturated rings. The third kappa shape index (κ3) is 8.38. The molecule has 27 heavy (non-hydrogen) atoms. The van der Waals surface area contributed by atoms with Crippen LogP contribution in [-0.4, -0.2) is 53.5 Å². The van der Waals surface area contributed by atoms with Crippen molar-refractivity contribution >= 4 is 23.7 Å². The van der Waals surface area contributed by atoms with Crippen molar-refractivity contribution in [2.75, 3.05) is 6.54 Å². The number of hydrogen-bond acceptors (Lipinski definition) is 5. The van der Waals surface area contributed by atoms with Crippen molar-refractivity contribution in [1.29, 1.82) is 0 Å². The Morgan fingerprint density at radius 2 is 1.44 bits per heavy atom. The molecule has 4 unspecified atom stereocenters. The van der Waals surface area contributed by atoms with Crippen molar-refractivity contribution in [1.82, 2.24) is 16.0 Å². The van der Waals surface area contributed by atoms with Crippen molar-refractivity contribution in [3.63, 3.8) is 0 Å². The summed E-state index contributed by atoms with van der Waals surface area (Å²) < 4.78 is 0. The number of nitrogens with one attached hydrogen (secondary N) is 3. The summed E-state index contributed by atoms with van der Waals surface area (Å²) in [6.45, 7) is 10.3. The van der Waals surface area contributed by atoms with E-state index in [1.54, 1.807) is 34.6 Å². The maximum atomic E-state index is 12.4. The Labute approximate surface area is 160 Å². The summed E-state index contributed by atoms with van der Waals surface area (Å²) in [5.74, 6) is -3.25. The van der Waals surface area contributed by atoms with E-state index in [9.17, 15) is 24.3 Å². The van der Waals surface area contributed by atoms with Gasteiger partial charge in [0.25, 0.3) is 0 Å². The Bertz CT molecular complexity index is 536. The van der Waals surface area contributed by atoms with Gasteiger partial charge < -0.3 is 26.8 Å². The standard InChI is InChI=1S/C18H34N4O5/c1-7-11(6)15(18(26)27)21-12(23)8-20-17(25)14(10(4)5)22-16(24)13(19)9(2)3/h9-11,13-15H,7-8,19H2,1-6H3,(H,20,25)(H,21,23)(H,22,24)(H,26,27). The van der Waals surface area contributed by atoms with Gasteiger partial charge in [0.1, 0.15) is 12.1 Å². The Morgan fingerprint density at radius 1 is 0.889 bits per heavy atom. The predicted molar refractivity (Wildman–Crippen MR) is 102 cm³/mol. The zero-order valence-corrected chi connectivity index (χ0v) is 17.0. The molecule has 4 atom stereocenters. The number of carbonyl (C=O) groups excluding carboxylic acids is 3. The van der Waals surface area contributed by atoms with Crippen LogP contribution in [0.3, 0.4) is 0 Å². The van der Waals surface area contributed by atoms with Crippen LogP contribution in [0.25, 0.3) is 0 Å². The van der Waals surface area contributed by atoms with Gasteiger partial charge in [0.05, 0.1) is 12.6 Å². The zero-order valence-electron chi connectivity index (χ0n) is 17.0. The summed E-state index contributed by atoms with van der Waals surface area (Å²) in [7, 11) is 0. The van der Waals surface area contributed by atoms with Crippen molar-refractivity contribution in [3.8, 4) is 0 Å². The number of hydrogen-bond donors (Lipinski definition) is 5. The van der Waals surface area contributed by atoms with Crippen LogP contribution in [0.1, 0.15) is 48.0 Å². The predicted octanol–water partition coefficient (Wildman–Crippen LogP) is -0.158. The van der Waals surface area contributed by atoms with Gasteiger partial charge in [0, 0.05) is 0 Å². The van der Waals surface area contributed by atoms with Crippen LogP contribution >= 0.6 is 0 Å². The molecule has 3 amide bonds. The highest BCUT2D eigenvalue weighted by molar-refractivity contribution is 5.92. The molecule has 0 spiro atoms. The van der Waals surface area contributed by atoms with E-state index in [2.05, 4.69) is 16.0 Å². The average Bonchev–Trinajstić information content (AvgIpc) is 2.59. The summed E-state index contributed by atoms with van der Waals surface area (Å²) in [5.41, 5.74) is 5.79. The van der Waals surface area contributed by atoms with Gasteiger partial charge in [0.15, 0.2) is 0 Å². The van der Waals surface area contributed by atoms with E-state index >= 15 is 0 Å². The van der Waals surface area contributed by atoms with Gasteiger partial charge in [-0.3, -0.25) is 14.4 Å². The molecule has 0 rings (SSSR count). The molecule has 0 heterocycles. The minimum Gasteiger partial charge on any atom is -0.480 e. The maximum Gasteiger partial charge on any atom is 0.326 e. The number of amides is 3. The molecule has 0 aliphatic rings. The van der Waals surface area contributed by atoms with Gasteiger partial charge in [-0.1, -0.05) is 48.0 Å². The second-order valence-corrected chi connectivity index (χ2v) is 7.49. The Morgan fingerprint density at radius 3 is 1.85 bits per heavy atom. The zero-order chi connectivity index (χ0) is 21.3. The first-order valence-electron chi connectivity index (χ1n) is 9.28. The molecular weight excluding hydrogens is 352 g/mol. The number of rotatable bonds is 11. The molecule has 0 aromatic rings. The van der Waals surface area contributed by atoms with E-state index in [0.29, 0.717) is 6.42 Å². The van der Waals surface area contributed by atoms with Crippen LogP contribution in [0.2, 0.25) is 0 Å². The van der Waals surface area contributed by atoms with Crippen molar-refractivity contribution < 1.29 is 24.3 Å². The minimum absolute atomic E-state index is 0.0832. The molecule has 0 radical (unpaired) electrons. The third-order valence-electron chi connectivity index (χ3n) is 4.49. The second-order valence-electron chi connectivity index (χ2n) is 7.49. The van der Waals surface area contributed by atoms with Crippen LogP contribution in [0, 0.1) is 17.8 Å². The fourth-order valence-corrected chi connectivity index (χ4v) is 2.27. The van der Waals surface area contributed by atoms with Crippen LogP contribution in [0.5, 0.6) is 0 Å². The van der Waals surface area contributed by atoms with Gasteiger partial charge in [-0.05, 0) is 17.8 Å². The fraction of sp³-hybridized carbons (Fsp3) is 0.778. The number of nitrogens with two attached hydrogens (primary N) is 1. The highest BCUT2D eigenvalue weighted by Gasteiger charge is 2.29. The average molecular weight is 386 g/mol. The number of aliphatic carboxylic acids is 1. The van der Waals surface area contributed by atoms with Crippen molar-refractivity contribution in [2.45, 2.75) is 66.1 Å². The number of carboxylic acid groups (broad SMARTS) is 1. The van der Waals surface area contributed by atoms with Crippen LogP contribution < -0.4 is 21.7 Å². The van der Waals surface area contributed by atoms with Crippen LogP contribution in [-0.2, 0) is 19.2 Å². The lowest BCUT2D eigenvalue weighted by molar-refractivity contribution is -0.143. The summed E-state index contributed by atoms with van der Waals surface area (Å²) in [4.78, 5) is 47.7. The molecule has 156 valence electrons. The van der Waals surface area contributed by atoms with E-state index < -0.39 is 41.8 Å². The van der Waals surface area contributed by atoms with Crippen LogP contribution in [0.4, 0.5) is 0 Å². The summed E-state index contributed by atoms with van der Waals surface area (Å²) >= 11 is 0. The normalized spacial score (nSPS) is 15.6. The highest BCUT2D eigenvalue weighted by Crippen LogP contribution is 2.08. The minimum atomic E-state index is -1.13. The molecule has 0 bridgehead atoms. The number of carbonyl (C=O) groups is 4. The van der Waals surface area contributed by atoms with E-state index in [1.165, 1.54) is 0 Å². The Balaban J connectivity index is 4.80. The van der Waals surface area contributed by atoms with E-state index in [4.69, 9.17) is 5.73 Å². The molecule has 9 nitrogen and oxygen atoms in total. The molecule has 0 saturated carbocycles. The summed E-state index contributed by atoms with van der Waals surface area (Å²) in [6, 6.07) is -2.61. The van der Waals surface area contributed by atoms with Crippen LogP contribution in [0.15, 0.2) is 0 Å². The molecule has 0 aromatic heterocycles. The molecule has 0 aliphatic heterocycles. The van der Waals surface area contributed by atoms with E-state index in [0.717, 1.165) is 0 Å². The van der Waals surface area contributed by atoms with Gasteiger partial charge in [-0.2, -0.15) is 0 Å². The third-order valence-corrected chi connectivity index (χ3v) is 4.49. The lowest BCUT2D eigenvalue weighted by Crippen LogP contribution is -2.56. The van der Waals surface area contributed by atoms with Crippen molar-refractivity contribution in [2.24, 2.45) is 23.5 Å².